The molecule has 0 amide bonds. The number of rotatable bonds is 11. The summed E-state index contributed by atoms with van der Waals surface area (Å²) in [7, 11) is 0. The van der Waals surface area contributed by atoms with E-state index >= 15 is 0 Å². The summed E-state index contributed by atoms with van der Waals surface area (Å²) in [5.41, 5.74) is 0.167. The van der Waals surface area contributed by atoms with Gasteiger partial charge >= 0.3 is 0 Å². The van der Waals surface area contributed by atoms with Gasteiger partial charge in [0.15, 0.2) is 5.79 Å². The Labute approximate surface area is 163 Å². The molecule has 1 saturated carbocycles. The lowest BCUT2D eigenvalue weighted by molar-refractivity contribution is -0.292. The van der Waals surface area contributed by atoms with Crippen molar-refractivity contribution < 1.29 is 9.47 Å². The molecule has 2 aliphatic rings. The summed E-state index contributed by atoms with van der Waals surface area (Å²) in [6.45, 7) is 17.8. The maximum atomic E-state index is 6.07. The Morgan fingerprint density at radius 2 is 1.42 bits per heavy atom. The van der Waals surface area contributed by atoms with Gasteiger partial charge in [0.2, 0.25) is 0 Å². The van der Waals surface area contributed by atoms with Crippen LogP contribution in [0.4, 0.5) is 0 Å². The Morgan fingerprint density at radius 1 is 0.846 bits per heavy atom. The molecule has 1 heterocycles. The largest absolute Gasteiger partial charge is 0.350 e. The molecule has 154 valence electrons. The molecule has 0 bridgehead atoms. The van der Waals surface area contributed by atoms with Crippen molar-refractivity contribution >= 4 is 0 Å². The first-order valence-electron chi connectivity index (χ1n) is 11.4. The average Bonchev–Trinajstić information content (AvgIpc) is 3.17. The zero-order chi connectivity index (χ0) is 19.4. The fourth-order valence-electron chi connectivity index (χ4n) is 4.66. The Morgan fingerprint density at radius 3 is 2.04 bits per heavy atom. The van der Waals surface area contributed by atoms with Crippen LogP contribution < -0.4 is 0 Å². The molecule has 1 saturated heterocycles. The average molecular weight is 367 g/mol. The van der Waals surface area contributed by atoms with Crippen LogP contribution in [0, 0.1) is 35.0 Å². The fraction of sp³-hybridized carbons (Fsp3) is 1.00. The van der Waals surface area contributed by atoms with Crippen molar-refractivity contribution in [2.75, 3.05) is 13.2 Å². The molecular weight excluding hydrogens is 320 g/mol. The maximum Gasteiger partial charge on any atom is 0.165 e. The van der Waals surface area contributed by atoms with Crippen LogP contribution in [0.1, 0.15) is 99.8 Å². The zero-order valence-electron chi connectivity index (χ0n) is 18.8. The third kappa shape index (κ3) is 7.15. The van der Waals surface area contributed by atoms with Crippen LogP contribution in [0.5, 0.6) is 0 Å². The number of ether oxygens (including phenoxy) is 2. The molecule has 0 aromatic carbocycles. The first-order chi connectivity index (χ1) is 12.1. The van der Waals surface area contributed by atoms with E-state index < -0.39 is 0 Å². The van der Waals surface area contributed by atoms with Crippen molar-refractivity contribution in [2.24, 2.45) is 35.0 Å². The second kappa shape index (κ2) is 9.41. The highest BCUT2D eigenvalue weighted by Crippen LogP contribution is 2.52. The highest BCUT2D eigenvalue weighted by Gasteiger charge is 2.47. The monoisotopic (exact) mass is 366 g/mol. The van der Waals surface area contributed by atoms with Gasteiger partial charge in [-0.2, -0.15) is 0 Å². The van der Waals surface area contributed by atoms with Crippen molar-refractivity contribution in [2.45, 2.75) is 106 Å². The lowest BCUT2D eigenvalue weighted by atomic mass is 9.93. The van der Waals surface area contributed by atoms with E-state index in [1.165, 1.54) is 44.9 Å². The van der Waals surface area contributed by atoms with Gasteiger partial charge in [-0.15, -0.1) is 0 Å². The third-order valence-corrected chi connectivity index (χ3v) is 6.94. The molecule has 2 rings (SSSR count). The van der Waals surface area contributed by atoms with Crippen LogP contribution in [0.25, 0.3) is 0 Å². The molecule has 0 aromatic heterocycles. The third-order valence-electron chi connectivity index (χ3n) is 6.94. The van der Waals surface area contributed by atoms with Crippen LogP contribution in [-0.2, 0) is 9.47 Å². The topological polar surface area (TPSA) is 18.5 Å². The van der Waals surface area contributed by atoms with Crippen molar-refractivity contribution in [1.29, 1.82) is 0 Å². The quantitative estimate of drug-likeness (QED) is 0.389. The lowest BCUT2D eigenvalue weighted by Gasteiger charge is -2.41. The molecule has 1 aliphatic heterocycles. The minimum Gasteiger partial charge on any atom is -0.350 e. The number of hydrogen-bond donors (Lipinski definition) is 0. The first kappa shape index (κ1) is 22.2. The minimum atomic E-state index is -0.340. The van der Waals surface area contributed by atoms with Gasteiger partial charge in [-0.25, -0.2) is 0 Å². The van der Waals surface area contributed by atoms with Gasteiger partial charge in [0.05, 0.1) is 13.2 Å². The van der Waals surface area contributed by atoms with Gasteiger partial charge in [0.1, 0.15) is 0 Å². The summed E-state index contributed by atoms with van der Waals surface area (Å²) in [5, 5.41) is 0. The van der Waals surface area contributed by atoms with Gasteiger partial charge < -0.3 is 9.47 Å². The second-order valence-electron chi connectivity index (χ2n) is 11.0. The van der Waals surface area contributed by atoms with Crippen molar-refractivity contribution in [3.05, 3.63) is 0 Å². The molecule has 4 unspecified atom stereocenters. The molecule has 0 radical (unpaired) electrons. The molecule has 26 heavy (non-hydrogen) atoms. The summed E-state index contributed by atoms with van der Waals surface area (Å²) >= 11 is 0. The predicted molar refractivity (Wildman–Crippen MR) is 111 cm³/mol. The van der Waals surface area contributed by atoms with E-state index in [0.717, 1.165) is 49.2 Å². The van der Waals surface area contributed by atoms with Crippen molar-refractivity contribution in [3.8, 4) is 0 Å². The molecular formula is C24H46O2. The van der Waals surface area contributed by atoms with Crippen LogP contribution >= 0.6 is 0 Å². The molecule has 1 aliphatic carbocycles. The van der Waals surface area contributed by atoms with E-state index in [1.54, 1.807) is 0 Å². The zero-order valence-corrected chi connectivity index (χ0v) is 18.8. The van der Waals surface area contributed by atoms with Gasteiger partial charge in [-0.3, -0.25) is 0 Å². The molecule has 0 spiro atoms. The summed E-state index contributed by atoms with van der Waals surface area (Å²) in [4.78, 5) is 0. The SMILES string of the molecule is CC(C)CCCC(C)CCCC1C(C)C1CCC1(C)OCC(C)(C)CO1. The van der Waals surface area contributed by atoms with Crippen LogP contribution in [0.3, 0.4) is 0 Å². The smallest absolute Gasteiger partial charge is 0.165 e. The normalized spacial score (nSPS) is 31.2. The predicted octanol–water partition coefficient (Wildman–Crippen LogP) is 7.07. The van der Waals surface area contributed by atoms with Crippen molar-refractivity contribution in [3.63, 3.8) is 0 Å². The molecule has 2 heteroatoms. The number of hydrogen-bond acceptors (Lipinski definition) is 2. The van der Waals surface area contributed by atoms with E-state index in [0.29, 0.717) is 0 Å². The Hall–Kier alpha value is -0.0800. The molecule has 2 fully saturated rings. The van der Waals surface area contributed by atoms with E-state index in [9.17, 15) is 0 Å². The van der Waals surface area contributed by atoms with Gasteiger partial charge in [-0.1, -0.05) is 73.6 Å². The van der Waals surface area contributed by atoms with Gasteiger partial charge in [0, 0.05) is 11.8 Å². The van der Waals surface area contributed by atoms with E-state index in [4.69, 9.17) is 9.47 Å². The Kier molecular flexibility index (Phi) is 8.04. The Balaban J connectivity index is 1.57. The summed E-state index contributed by atoms with van der Waals surface area (Å²) in [6, 6.07) is 0. The fourth-order valence-corrected chi connectivity index (χ4v) is 4.66. The van der Waals surface area contributed by atoms with Crippen LogP contribution in [0.15, 0.2) is 0 Å². The van der Waals surface area contributed by atoms with Crippen molar-refractivity contribution in [1.82, 2.24) is 0 Å². The van der Waals surface area contributed by atoms with Gasteiger partial charge in [0.25, 0.3) is 0 Å². The minimum absolute atomic E-state index is 0.167. The lowest BCUT2D eigenvalue weighted by Crippen LogP contribution is -2.45. The highest BCUT2D eigenvalue weighted by atomic mass is 16.7. The van der Waals surface area contributed by atoms with E-state index in [2.05, 4.69) is 48.5 Å². The highest BCUT2D eigenvalue weighted by molar-refractivity contribution is 4.94. The molecule has 0 aromatic rings. The molecule has 0 N–H and O–H groups in total. The summed E-state index contributed by atoms with van der Waals surface area (Å²) < 4.78 is 12.1. The first-order valence-corrected chi connectivity index (χ1v) is 11.4. The van der Waals surface area contributed by atoms with Gasteiger partial charge in [-0.05, 0) is 49.4 Å². The van der Waals surface area contributed by atoms with E-state index in [1.807, 2.05) is 0 Å². The summed E-state index contributed by atoms with van der Waals surface area (Å²) in [6.07, 6.45) is 10.8. The van der Waals surface area contributed by atoms with Crippen LogP contribution in [-0.4, -0.2) is 19.0 Å². The summed E-state index contributed by atoms with van der Waals surface area (Å²) in [5.74, 6) is 4.21. The van der Waals surface area contributed by atoms with E-state index in [-0.39, 0.29) is 11.2 Å². The maximum absolute atomic E-state index is 6.07. The molecule has 4 atom stereocenters. The standard InChI is InChI=1S/C24H46O2/c1-18(2)10-8-11-19(3)12-9-13-21-20(4)22(21)14-15-24(7)25-16-23(5,6)17-26-24/h18-22H,8-17H2,1-7H3. The molecule has 2 nitrogen and oxygen atoms in total. The van der Waals surface area contributed by atoms with Crippen LogP contribution in [0.2, 0.25) is 0 Å². The second-order valence-corrected chi connectivity index (χ2v) is 11.0. The Bertz CT molecular complexity index is 404.